The molecule has 7 heteroatoms. The topological polar surface area (TPSA) is 89.3 Å². The van der Waals surface area contributed by atoms with Crippen molar-refractivity contribution in [2.75, 3.05) is 4.72 Å². The summed E-state index contributed by atoms with van der Waals surface area (Å²) in [7, 11) is -3.86. The molecule has 0 aliphatic carbocycles. The molecule has 0 atom stereocenters. The molecule has 5 nitrogen and oxygen atoms in total. The minimum absolute atomic E-state index is 0.104. The average Bonchev–Trinajstić information content (AvgIpc) is 2.55. The van der Waals surface area contributed by atoms with E-state index in [0.717, 1.165) is 0 Å². The number of rotatable bonds is 4. The van der Waals surface area contributed by atoms with Gasteiger partial charge in [-0.15, -0.1) is 0 Å². The first-order valence-corrected chi connectivity index (χ1v) is 8.84. The predicted octanol–water partition coefficient (Wildman–Crippen LogP) is 3.39. The van der Waals surface area contributed by atoms with Crippen molar-refractivity contribution in [2.45, 2.75) is 4.90 Å². The number of anilines is 1. The van der Waals surface area contributed by atoms with Crippen LogP contribution in [0.25, 0.3) is 10.8 Å². The lowest BCUT2D eigenvalue weighted by Crippen LogP contribution is -2.15. The Morgan fingerprint density at radius 3 is 2.38 bits per heavy atom. The fourth-order valence-corrected chi connectivity index (χ4v) is 3.90. The first-order valence-electron chi connectivity index (χ1n) is 6.98. The number of nitrogens with two attached hydrogens (primary N) is 1. The summed E-state index contributed by atoms with van der Waals surface area (Å²) in [4.78, 5) is 11.3. The van der Waals surface area contributed by atoms with E-state index < -0.39 is 15.9 Å². The van der Waals surface area contributed by atoms with E-state index >= 15 is 0 Å². The number of amides is 1. The second kappa shape index (κ2) is 6.14. The van der Waals surface area contributed by atoms with Gasteiger partial charge in [0.25, 0.3) is 10.0 Å². The molecule has 0 aliphatic rings. The lowest BCUT2D eigenvalue weighted by atomic mass is 10.1. The summed E-state index contributed by atoms with van der Waals surface area (Å²) in [5, 5.41) is 1.64. The molecule has 0 bridgehead atoms. The van der Waals surface area contributed by atoms with E-state index in [1.807, 2.05) is 0 Å². The zero-order chi connectivity index (χ0) is 17.3. The number of fused-ring (bicyclic) bond motifs is 1. The lowest BCUT2D eigenvalue weighted by molar-refractivity contribution is 0.100. The molecular formula is C17H13ClN2O3S. The predicted molar refractivity (Wildman–Crippen MR) is 94.7 cm³/mol. The number of carbonyl (C=O) groups is 1. The maximum Gasteiger partial charge on any atom is 0.262 e. The quantitative estimate of drug-likeness (QED) is 0.747. The highest BCUT2D eigenvalue weighted by Gasteiger charge is 2.19. The van der Waals surface area contributed by atoms with E-state index in [1.54, 1.807) is 36.4 Å². The van der Waals surface area contributed by atoms with Gasteiger partial charge in [-0.25, -0.2) is 8.42 Å². The second-order valence-corrected chi connectivity index (χ2v) is 7.20. The van der Waals surface area contributed by atoms with Gasteiger partial charge in [-0.2, -0.15) is 0 Å². The Kier molecular flexibility index (Phi) is 4.17. The summed E-state index contributed by atoms with van der Waals surface area (Å²) < 4.78 is 27.9. The highest BCUT2D eigenvalue weighted by Crippen LogP contribution is 2.30. The molecule has 24 heavy (non-hydrogen) atoms. The van der Waals surface area contributed by atoms with Crippen molar-refractivity contribution in [1.82, 2.24) is 0 Å². The minimum atomic E-state index is -3.86. The van der Waals surface area contributed by atoms with Crippen LogP contribution in [0.5, 0.6) is 0 Å². The molecule has 0 heterocycles. The molecule has 0 unspecified atom stereocenters. The number of hydrogen-bond acceptors (Lipinski definition) is 3. The number of halogens is 1. The normalized spacial score (nSPS) is 11.4. The maximum atomic E-state index is 12.7. The number of benzene rings is 3. The highest BCUT2D eigenvalue weighted by molar-refractivity contribution is 7.93. The smallest absolute Gasteiger partial charge is 0.262 e. The van der Waals surface area contributed by atoms with Gasteiger partial charge in [0.2, 0.25) is 5.91 Å². The molecule has 122 valence electrons. The minimum Gasteiger partial charge on any atom is -0.366 e. The molecule has 0 aromatic heterocycles. The van der Waals surface area contributed by atoms with Gasteiger partial charge >= 0.3 is 0 Å². The van der Waals surface area contributed by atoms with Gasteiger partial charge in [-0.05, 0) is 30.3 Å². The molecule has 0 aliphatic heterocycles. The third kappa shape index (κ3) is 3.06. The van der Waals surface area contributed by atoms with Crippen LogP contribution in [0, 0.1) is 0 Å². The summed E-state index contributed by atoms with van der Waals surface area (Å²) in [5.41, 5.74) is 5.69. The molecule has 3 aromatic rings. The standard InChI is InChI=1S/C17H13ClN2O3S/c18-15-8-9-16(14-7-2-1-6-13(14)15)24(22,23)20-12-5-3-4-11(10-12)17(19)21/h1-10,20H,(H2,19,21). The third-order valence-corrected chi connectivity index (χ3v) is 5.29. The van der Waals surface area contributed by atoms with Gasteiger partial charge in [0.05, 0.1) is 4.90 Å². The largest absolute Gasteiger partial charge is 0.366 e. The number of hydrogen-bond donors (Lipinski definition) is 2. The molecule has 0 spiro atoms. The van der Waals surface area contributed by atoms with E-state index in [0.29, 0.717) is 15.8 Å². The zero-order valence-corrected chi connectivity index (χ0v) is 13.9. The molecular weight excluding hydrogens is 348 g/mol. The zero-order valence-electron chi connectivity index (χ0n) is 12.4. The first kappa shape index (κ1) is 16.3. The van der Waals surface area contributed by atoms with E-state index in [2.05, 4.69) is 4.72 Å². The van der Waals surface area contributed by atoms with Crippen molar-refractivity contribution in [3.63, 3.8) is 0 Å². The number of primary amides is 1. The Morgan fingerprint density at radius 1 is 0.958 bits per heavy atom. The van der Waals surface area contributed by atoms with Crippen LogP contribution in [0.1, 0.15) is 10.4 Å². The van der Waals surface area contributed by atoms with Crippen molar-refractivity contribution < 1.29 is 13.2 Å². The van der Waals surface area contributed by atoms with Crippen LogP contribution >= 0.6 is 11.6 Å². The highest BCUT2D eigenvalue weighted by atomic mass is 35.5. The van der Waals surface area contributed by atoms with Gasteiger partial charge in [0.1, 0.15) is 0 Å². The monoisotopic (exact) mass is 360 g/mol. The number of sulfonamides is 1. The van der Waals surface area contributed by atoms with Gasteiger partial charge in [-0.3, -0.25) is 9.52 Å². The molecule has 0 fully saturated rings. The van der Waals surface area contributed by atoms with Gasteiger partial charge in [0, 0.05) is 27.0 Å². The summed E-state index contributed by atoms with van der Waals surface area (Å²) in [6, 6.07) is 16.0. The fourth-order valence-electron chi connectivity index (χ4n) is 2.42. The number of nitrogens with one attached hydrogen (secondary N) is 1. The maximum absolute atomic E-state index is 12.7. The first-order chi connectivity index (χ1) is 11.4. The van der Waals surface area contributed by atoms with Crippen LogP contribution in [0.4, 0.5) is 5.69 Å². The molecule has 0 saturated carbocycles. The average molecular weight is 361 g/mol. The number of carbonyl (C=O) groups excluding carboxylic acids is 1. The summed E-state index contributed by atoms with van der Waals surface area (Å²) in [5.74, 6) is -0.631. The Hall–Kier alpha value is -2.57. The van der Waals surface area contributed by atoms with E-state index in [4.69, 9.17) is 17.3 Å². The Bertz CT molecular complexity index is 1050. The van der Waals surface area contributed by atoms with E-state index in [-0.39, 0.29) is 16.1 Å². The molecule has 3 N–H and O–H groups in total. The Labute approximate surface area is 144 Å². The molecule has 0 radical (unpaired) electrons. The van der Waals surface area contributed by atoms with Crippen LogP contribution in [0.2, 0.25) is 5.02 Å². The molecule has 0 saturated heterocycles. The second-order valence-electron chi connectivity index (χ2n) is 5.14. The SMILES string of the molecule is NC(=O)c1cccc(NS(=O)(=O)c2ccc(Cl)c3ccccc23)c1. The van der Waals surface area contributed by atoms with Crippen LogP contribution < -0.4 is 10.5 Å². The van der Waals surface area contributed by atoms with Crippen LogP contribution in [-0.4, -0.2) is 14.3 Å². The van der Waals surface area contributed by atoms with E-state index in [1.165, 1.54) is 24.3 Å². The van der Waals surface area contributed by atoms with Crippen molar-refractivity contribution in [2.24, 2.45) is 5.73 Å². The van der Waals surface area contributed by atoms with Crippen LogP contribution in [0.15, 0.2) is 65.6 Å². The van der Waals surface area contributed by atoms with Gasteiger partial charge in [-0.1, -0.05) is 41.9 Å². The van der Waals surface area contributed by atoms with Crippen molar-refractivity contribution in [1.29, 1.82) is 0 Å². The van der Waals surface area contributed by atoms with Crippen LogP contribution in [-0.2, 0) is 10.0 Å². The summed E-state index contributed by atoms with van der Waals surface area (Å²) in [6.07, 6.45) is 0. The molecule has 3 rings (SSSR count). The fraction of sp³-hybridized carbons (Fsp3) is 0. The summed E-state index contributed by atoms with van der Waals surface area (Å²) in [6.45, 7) is 0. The lowest BCUT2D eigenvalue weighted by Gasteiger charge is -2.12. The van der Waals surface area contributed by atoms with Crippen molar-refractivity contribution >= 4 is 44.0 Å². The molecule has 3 aromatic carbocycles. The Balaban J connectivity index is 2.08. The van der Waals surface area contributed by atoms with Crippen molar-refractivity contribution in [3.8, 4) is 0 Å². The van der Waals surface area contributed by atoms with Crippen LogP contribution in [0.3, 0.4) is 0 Å². The van der Waals surface area contributed by atoms with Gasteiger partial charge in [0.15, 0.2) is 0 Å². The Morgan fingerprint density at radius 2 is 1.67 bits per heavy atom. The molecule has 1 amide bonds. The summed E-state index contributed by atoms with van der Waals surface area (Å²) >= 11 is 6.13. The van der Waals surface area contributed by atoms with E-state index in [9.17, 15) is 13.2 Å². The van der Waals surface area contributed by atoms with Gasteiger partial charge < -0.3 is 5.73 Å². The third-order valence-electron chi connectivity index (χ3n) is 3.52. The van der Waals surface area contributed by atoms with Crippen molar-refractivity contribution in [3.05, 3.63) is 71.2 Å².